The molecule has 0 aliphatic rings. The van der Waals surface area contributed by atoms with Gasteiger partial charge in [-0.25, -0.2) is 0 Å². The first-order valence-corrected chi connectivity index (χ1v) is 3.27. The van der Waals surface area contributed by atoms with Gasteiger partial charge in [-0.05, 0) is 5.92 Å². The Morgan fingerprint density at radius 2 is 2.00 bits per heavy atom. The van der Waals surface area contributed by atoms with E-state index in [9.17, 15) is 9.90 Å². The van der Waals surface area contributed by atoms with Crippen LogP contribution in [-0.4, -0.2) is 17.7 Å². The molecule has 0 aliphatic heterocycles. The van der Waals surface area contributed by atoms with Crippen LogP contribution in [-0.2, 0) is 4.79 Å². The van der Waals surface area contributed by atoms with Gasteiger partial charge in [0.1, 0.15) is 0 Å². The summed E-state index contributed by atoms with van der Waals surface area (Å²) in [5.41, 5.74) is -1.10. The minimum Gasteiger partial charge on any atom is -0.549 e. The first-order chi connectivity index (χ1) is 4.45. The zero-order valence-corrected chi connectivity index (χ0v) is 7.55. The van der Waals surface area contributed by atoms with Crippen LogP contribution in [0.15, 0.2) is 0 Å². The second kappa shape index (κ2) is 4.31. The van der Waals surface area contributed by atoms with Crippen LogP contribution in [0, 0.1) is 11.3 Å². The van der Waals surface area contributed by atoms with Crippen molar-refractivity contribution in [2.75, 3.05) is 6.61 Å². The summed E-state index contributed by atoms with van der Waals surface area (Å²) < 4.78 is 0. The summed E-state index contributed by atoms with van der Waals surface area (Å²) in [6.07, 6.45) is 0. The van der Waals surface area contributed by atoms with Crippen molar-refractivity contribution in [3.05, 3.63) is 0 Å². The smallest absolute Gasteiger partial charge is 0.0539 e. The molecule has 11 heavy (non-hydrogen) atoms. The summed E-state index contributed by atoms with van der Waals surface area (Å²) in [4.78, 5) is 10.4. The molecule has 0 aromatic rings. The lowest BCUT2D eigenvalue weighted by Gasteiger charge is -2.32. The van der Waals surface area contributed by atoms with E-state index in [-0.39, 0.29) is 18.7 Å². The Morgan fingerprint density at radius 1 is 1.64 bits per heavy atom. The lowest BCUT2D eigenvalue weighted by molar-refractivity contribution is -0.322. The molecule has 0 saturated carbocycles. The minimum atomic E-state index is -1.19. The molecule has 4 nitrogen and oxygen atoms in total. The van der Waals surface area contributed by atoms with Crippen LogP contribution < -0.4 is 11.3 Å². The van der Waals surface area contributed by atoms with Crippen molar-refractivity contribution in [1.82, 2.24) is 6.15 Å². The van der Waals surface area contributed by atoms with Crippen LogP contribution >= 0.6 is 0 Å². The highest BCUT2D eigenvalue weighted by molar-refractivity contribution is 5.72. The minimum absolute atomic E-state index is 0. The third kappa shape index (κ3) is 2.48. The number of hydrogen-bond donors (Lipinski definition) is 2. The van der Waals surface area contributed by atoms with E-state index in [1.807, 2.05) is 0 Å². The Labute approximate surface area is 66.8 Å². The topological polar surface area (TPSA) is 96.9 Å². The number of aliphatic hydroxyl groups excluding tert-OH is 1. The van der Waals surface area contributed by atoms with Gasteiger partial charge in [0, 0.05) is 11.4 Å². The van der Waals surface area contributed by atoms with Gasteiger partial charge in [-0.15, -0.1) is 0 Å². The Morgan fingerprint density at radius 3 is 2.00 bits per heavy atom. The van der Waals surface area contributed by atoms with Crippen LogP contribution in [0.25, 0.3) is 0 Å². The summed E-state index contributed by atoms with van der Waals surface area (Å²) in [7, 11) is 0. The second-order valence-electron chi connectivity index (χ2n) is 3.02. The number of carboxylic acid groups (broad SMARTS) is 1. The molecular formula is C7H17NO3. The van der Waals surface area contributed by atoms with Crippen LogP contribution in [0.5, 0.6) is 0 Å². The fourth-order valence-electron chi connectivity index (χ4n) is 0.483. The Balaban J connectivity index is 0. The number of carbonyl (C=O) groups excluding carboxylic acids is 1. The van der Waals surface area contributed by atoms with Crippen molar-refractivity contribution in [3.8, 4) is 0 Å². The van der Waals surface area contributed by atoms with Gasteiger partial charge in [0.2, 0.25) is 0 Å². The molecule has 1 atom stereocenters. The molecule has 0 fully saturated rings. The number of carbonyl (C=O) groups is 1. The lowest BCUT2D eigenvalue weighted by atomic mass is 9.80. The number of aliphatic carboxylic acids is 1. The zero-order valence-electron chi connectivity index (χ0n) is 7.55. The molecule has 0 saturated heterocycles. The first kappa shape index (κ1) is 13.0. The fourth-order valence-corrected chi connectivity index (χ4v) is 0.483. The number of aliphatic hydroxyl groups is 1. The third-order valence-corrected chi connectivity index (χ3v) is 2.07. The van der Waals surface area contributed by atoms with Crippen LogP contribution in [0.3, 0.4) is 0 Å². The average Bonchev–Trinajstić information content (AvgIpc) is 1.85. The van der Waals surface area contributed by atoms with Gasteiger partial charge in [-0.3, -0.25) is 0 Å². The molecule has 0 radical (unpaired) electrons. The van der Waals surface area contributed by atoms with E-state index in [0.717, 1.165) is 0 Å². The molecule has 0 bridgehead atoms. The van der Waals surface area contributed by atoms with Crippen molar-refractivity contribution in [3.63, 3.8) is 0 Å². The number of carboxylic acids is 1. The maximum atomic E-state index is 10.4. The second-order valence-corrected chi connectivity index (χ2v) is 3.02. The predicted octanol–water partition coefficient (Wildman–Crippen LogP) is -0.233. The third-order valence-electron chi connectivity index (χ3n) is 2.07. The van der Waals surface area contributed by atoms with Crippen LogP contribution in [0.1, 0.15) is 20.8 Å². The van der Waals surface area contributed by atoms with Crippen molar-refractivity contribution in [2.24, 2.45) is 11.3 Å². The molecule has 68 valence electrons. The summed E-state index contributed by atoms with van der Waals surface area (Å²) in [5, 5.41) is 19.1. The molecular weight excluding hydrogens is 146 g/mol. The maximum Gasteiger partial charge on any atom is 0.0539 e. The van der Waals surface area contributed by atoms with Gasteiger partial charge in [-0.1, -0.05) is 20.8 Å². The van der Waals surface area contributed by atoms with Gasteiger partial charge in [0.05, 0.1) is 6.61 Å². The molecule has 0 aliphatic carbocycles. The van der Waals surface area contributed by atoms with E-state index in [0.29, 0.717) is 0 Å². The van der Waals surface area contributed by atoms with Gasteiger partial charge < -0.3 is 21.2 Å². The van der Waals surface area contributed by atoms with Gasteiger partial charge >= 0.3 is 0 Å². The van der Waals surface area contributed by atoms with E-state index in [4.69, 9.17) is 5.11 Å². The van der Waals surface area contributed by atoms with E-state index in [2.05, 4.69) is 0 Å². The number of quaternary nitrogens is 1. The normalized spacial score (nSPS) is 15.4. The number of rotatable bonds is 3. The molecule has 0 amide bonds. The lowest BCUT2D eigenvalue weighted by Crippen LogP contribution is -2.46. The Bertz CT molecular complexity index is 136. The monoisotopic (exact) mass is 163 g/mol. The standard InChI is InChI=1S/C7H14O3.H3N/c1-5(2)7(3,4-8)6(9)10;/h5,8H,4H2,1-3H3,(H,9,10);1H3. The van der Waals surface area contributed by atoms with E-state index >= 15 is 0 Å². The Hall–Kier alpha value is -0.610. The van der Waals surface area contributed by atoms with Crippen molar-refractivity contribution in [1.29, 1.82) is 0 Å². The molecule has 1 unspecified atom stereocenters. The SMILES string of the molecule is CC(C)C(C)(CO)C(=O)[O-].[NH4+]. The molecule has 0 spiro atoms. The molecule has 0 heterocycles. The zero-order chi connectivity index (χ0) is 8.36. The molecule has 5 N–H and O–H groups in total. The van der Waals surface area contributed by atoms with Crippen molar-refractivity contribution >= 4 is 5.97 Å². The van der Waals surface area contributed by atoms with E-state index in [1.165, 1.54) is 6.92 Å². The molecule has 0 rings (SSSR count). The van der Waals surface area contributed by atoms with E-state index < -0.39 is 11.4 Å². The summed E-state index contributed by atoms with van der Waals surface area (Å²) in [6.45, 7) is 4.60. The molecule has 0 aromatic heterocycles. The largest absolute Gasteiger partial charge is 0.549 e. The highest BCUT2D eigenvalue weighted by Gasteiger charge is 2.28. The predicted molar refractivity (Wildman–Crippen MR) is 41.0 cm³/mol. The van der Waals surface area contributed by atoms with Crippen LogP contribution in [0.2, 0.25) is 0 Å². The highest BCUT2D eigenvalue weighted by atomic mass is 16.4. The average molecular weight is 163 g/mol. The molecule has 0 aromatic carbocycles. The van der Waals surface area contributed by atoms with E-state index in [1.54, 1.807) is 13.8 Å². The maximum absolute atomic E-state index is 10.4. The van der Waals surface area contributed by atoms with Gasteiger partial charge in [0.25, 0.3) is 0 Å². The summed E-state index contributed by atoms with van der Waals surface area (Å²) >= 11 is 0. The molecule has 4 heteroatoms. The summed E-state index contributed by atoms with van der Waals surface area (Å²) in [6, 6.07) is 0. The fraction of sp³-hybridized carbons (Fsp3) is 0.857. The Kier molecular flexibility index (Phi) is 5.09. The van der Waals surface area contributed by atoms with Gasteiger partial charge in [0.15, 0.2) is 0 Å². The van der Waals surface area contributed by atoms with Crippen molar-refractivity contribution in [2.45, 2.75) is 20.8 Å². The number of hydrogen-bond acceptors (Lipinski definition) is 3. The summed E-state index contributed by atoms with van der Waals surface area (Å²) in [5.74, 6) is -1.30. The highest BCUT2D eigenvalue weighted by Crippen LogP contribution is 2.24. The van der Waals surface area contributed by atoms with Gasteiger partial charge in [-0.2, -0.15) is 0 Å². The van der Waals surface area contributed by atoms with Crippen molar-refractivity contribution < 1.29 is 15.0 Å². The quantitative estimate of drug-likeness (QED) is 0.601. The first-order valence-electron chi connectivity index (χ1n) is 3.27. The van der Waals surface area contributed by atoms with Crippen LogP contribution in [0.4, 0.5) is 0 Å².